The zero-order valence-electron chi connectivity index (χ0n) is 6.38. The second-order valence-electron chi connectivity index (χ2n) is 2.37. The van der Waals surface area contributed by atoms with Crippen LogP contribution in [0.5, 0.6) is 0 Å². The Morgan fingerprint density at radius 2 is 1.83 bits per heavy atom. The van der Waals surface area contributed by atoms with Crippen molar-refractivity contribution in [2.75, 3.05) is 5.73 Å². The number of rotatable bonds is 1. The highest BCUT2D eigenvalue weighted by atomic mass is 15.3. The number of nitrogens with two attached hydrogens (primary N) is 1. The third-order valence-electron chi connectivity index (χ3n) is 1.58. The summed E-state index contributed by atoms with van der Waals surface area (Å²) >= 11 is 0. The Bertz CT molecular complexity index is 366. The fourth-order valence-electron chi connectivity index (χ4n) is 1.01. The number of hydrogen-bond acceptors (Lipinski definition) is 3. The van der Waals surface area contributed by atoms with Crippen molar-refractivity contribution in [2.24, 2.45) is 0 Å². The summed E-state index contributed by atoms with van der Waals surface area (Å²) in [5.74, 6) is 0.626. The Morgan fingerprint density at radius 1 is 1.08 bits per heavy atom. The Kier molecular flexibility index (Phi) is 1.51. The van der Waals surface area contributed by atoms with E-state index >= 15 is 0 Å². The molecule has 0 amide bonds. The van der Waals surface area contributed by atoms with Gasteiger partial charge in [-0.25, -0.2) is 4.68 Å². The fraction of sp³-hybridized carbons (Fsp3) is 0. The van der Waals surface area contributed by atoms with Crippen molar-refractivity contribution in [3.8, 4) is 5.69 Å². The molecule has 0 fully saturated rings. The molecule has 2 heterocycles. The molecule has 0 saturated heterocycles. The van der Waals surface area contributed by atoms with Gasteiger partial charge in [-0.1, -0.05) is 0 Å². The monoisotopic (exact) mass is 160 g/mol. The lowest BCUT2D eigenvalue weighted by molar-refractivity contribution is 0.888. The largest absolute Gasteiger partial charge is 0.384 e. The molecule has 0 saturated carbocycles. The van der Waals surface area contributed by atoms with Crippen LogP contribution in [0.4, 0.5) is 5.82 Å². The van der Waals surface area contributed by atoms with Crippen LogP contribution in [0.1, 0.15) is 0 Å². The number of hydrogen-bond donors (Lipinski definition) is 1. The molecule has 60 valence electrons. The first kappa shape index (κ1) is 6.84. The van der Waals surface area contributed by atoms with Gasteiger partial charge in [0.05, 0.1) is 11.9 Å². The van der Waals surface area contributed by atoms with Gasteiger partial charge >= 0.3 is 0 Å². The minimum absolute atomic E-state index is 0.626. The summed E-state index contributed by atoms with van der Waals surface area (Å²) in [6.45, 7) is 0. The summed E-state index contributed by atoms with van der Waals surface area (Å²) in [5, 5.41) is 4.05. The normalized spacial score (nSPS) is 10.0. The number of aromatic nitrogens is 3. The minimum atomic E-state index is 0.626. The summed E-state index contributed by atoms with van der Waals surface area (Å²) in [4.78, 5) is 3.90. The van der Waals surface area contributed by atoms with Crippen LogP contribution in [0.15, 0.2) is 36.8 Å². The molecule has 0 bridgehead atoms. The molecule has 0 spiro atoms. The van der Waals surface area contributed by atoms with E-state index in [0.717, 1.165) is 5.69 Å². The zero-order chi connectivity index (χ0) is 8.39. The summed E-state index contributed by atoms with van der Waals surface area (Å²) in [6, 6.07) is 5.45. The molecule has 0 unspecified atom stereocenters. The SMILES string of the molecule is Nc1ccnn1-c1ccncc1. The third kappa shape index (κ3) is 1.03. The number of pyridine rings is 1. The maximum Gasteiger partial charge on any atom is 0.127 e. The molecule has 0 radical (unpaired) electrons. The predicted molar refractivity (Wildman–Crippen MR) is 45.8 cm³/mol. The van der Waals surface area contributed by atoms with Gasteiger partial charge in [0.25, 0.3) is 0 Å². The van der Waals surface area contributed by atoms with Crippen LogP contribution in [0.3, 0.4) is 0 Å². The molecular weight excluding hydrogens is 152 g/mol. The van der Waals surface area contributed by atoms with E-state index < -0.39 is 0 Å². The molecule has 2 N–H and O–H groups in total. The number of nitrogen functional groups attached to an aromatic ring is 1. The second-order valence-corrected chi connectivity index (χ2v) is 2.37. The van der Waals surface area contributed by atoms with E-state index in [2.05, 4.69) is 10.1 Å². The Morgan fingerprint density at radius 3 is 2.42 bits per heavy atom. The van der Waals surface area contributed by atoms with Gasteiger partial charge in [0.1, 0.15) is 5.82 Å². The van der Waals surface area contributed by atoms with E-state index in [0.29, 0.717) is 5.82 Å². The molecule has 2 rings (SSSR count). The van der Waals surface area contributed by atoms with E-state index in [9.17, 15) is 0 Å². The van der Waals surface area contributed by atoms with Crippen molar-refractivity contribution in [2.45, 2.75) is 0 Å². The topological polar surface area (TPSA) is 56.7 Å². The Hall–Kier alpha value is -1.84. The van der Waals surface area contributed by atoms with Crippen LogP contribution in [0, 0.1) is 0 Å². The summed E-state index contributed by atoms with van der Waals surface area (Å²) < 4.78 is 1.65. The quantitative estimate of drug-likeness (QED) is 0.672. The smallest absolute Gasteiger partial charge is 0.127 e. The maximum absolute atomic E-state index is 5.65. The van der Waals surface area contributed by atoms with Crippen LogP contribution in [-0.4, -0.2) is 14.8 Å². The van der Waals surface area contributed by atoms with Gasteiger partial charge in [0.15, 0.2) is 0 Å². The summed E-state index contributed by atoms with van der Waals surface area (Å²) in [6.07, 6.45) is 5.07. The van der Waals surface area contributed by atoms with Gasteiger partial charge in [-0.2, -0.15) is 5.10 Å². The summed E-state index contributed by atoms with van der Waals surface area (Å²) in [5.41, 5.74) is 6.58. The van der Waals surface area contributed by atoms with E-state index in [1.807, 2.05) is 12.1 Å². The molecule has 0 aliphatic carbocycles. The lowest BCUT2D eigenvalue weighted by Crippen LogP contribution is -2.00. The highest BCUT2D eigenvalue weighted by Gasteiger charge is 1.98. The molecule has 0 aliphatic rings. The minimum Gasteiger partial charge on any atom is -0.384 e. The second kappa shape index (κ2) is 2.65. The number of nitrogens with zero attached hydrogens (tertiary/aromatic N) is 3. The summed E-state index contributed by atoms with van der Waals surface area (Å²) in [7, 11) is 0. The molecule has 2 aromatic heterocycles. The van der Waals surface area contributed by atoms with E-state index in [1.165, 1.54) is 0 Å². The van der Waals surface area contributed by atoms with Crippen LogP contribution in [0.25, 0.3) is 5.69 Å². The van der Waals surface area contributed by atoms with Crippen molar-refractivity contribution in [1.29, 1.82) is 0 Å². The molecule has 0 aromatic carbocycles. The molecule has 12 heavy (non-hydrogen) atoms. The van der Waals surface area contributed by atoms with Gasteiger partial charge < -0.3 is 5.73 Å². The third-order valence-corrected chi connectivity index (χ3v) is 1.58. The van der Waals surface area contributed by atoms with Crippen LogP contribution in [0.2, 0.25) is 0 Å². The lowest BCUT2D eigenvalue weighted by Gasteiger charge is -2.01. The average Bonchev–Trinajstić information content (AvgIpc) is 2.53. The van der Waals surface area contributed by atoms with Crippen LogP contribution < -0.4 is 5.73 Å². The van der Waals surface area contributed by atoms with E-state index in [1.54, 1.807) is 29.3 Å². The Balaban J connectivity index is 2.51. The predicted octanol–water partition coefficient (Wildman–Crippen LogP) is 0.850. The van der Waals surface area contributed by atoms with Gasteiger partial charge in [0.2, 0.25) is 0 Å². The van der Waals surface area contributed by atoms with Crippen LogP contribution >= 0.6 is 0 Å². The highest BCUT2D eigenvalue weighted by molar-refractivity contribution is 5.39. The maximum atomic E-state index is 5.65. The van der Waals surface area contributed by atoms with Gasteiger partial charge in [-0.05, 0) is 12.1 Å². The number of anilines is 1. The van der Waals surface area contributed by atoms with Crippen molar-refractivity contribution in [1.82, 2.24) is 14.8 Å². The molecule has 0 aliphatic heterocycles. The molecule has 4 nitrogen and oxygen atoms in total. The molecule has 4 heteroatoms. The first-order chi connectivity index (χ1) is 5.88. The van der Waals surface area contributed by atoms with E-state index in [-0.39, 0.29) is 0 Å². The van der Waals surface area contributed by atoms with Gasteiger partial charge in [0, 0.05) is 18.5 Å². The zero-order valence-corrected chi connectivity index (χ0v) is 6.38. The van der Waals surface area contributed by atoms with E-state index in [4.69, 9.17) is 5.73 Å². The first-order valence-corrected chi connectivity index (χ1v) is 3.58. The lowest BCUT2D eigenvalue weighted by atomic mass is 10.4. The van der Waals surface area contributed by atoms with Gasteiger partial charge in [-0.3, -0.25) is 4.98 Å². The fourth-order valence-corrected chi connectivity index (χ4v) is 1.01. The standard InChI is InChI=1S/C8H8N4/c9-8-3-6-11-12(8)7-1-4-10-5-2-7/h1-6H,9H2. The van der Waals surface area contributed by atoms with Gasteiger partial charge in [-0.15, -0.1) is 0 Å². The van der Waals surface area contributed by atoms with Crippen LogP contribution in [-0.2, 0) is 0 Å². The Labute approximate surface area is 69.7 Å². The van der Waals surface area contributed by atoms with Crippen molar-refractivity contribution < 1.29 is 0 Å². The first-order valence-electron chi connectivity index (χ1n) is 3.58. The van der Waals surface area contributed by atoms with Crippen molar-refractivity contribution in [3.05, 3.63) is 36.8 Å². The average molecular weight is 160 g/mol. The van der Waals surface area contributed by atoms with Crippen molar-refractivity contribution >= 4 is 5.82 Å². The molecule has 0 atom stereocenters. The van der Waals surface area contributed by atoms with Crippen molar-refractivity contribution in [3.63, 3.8) is 0 Å². The molecular formula is C8H8N4. The molecule has 2 aromatic rings. The highest BCUT2D eigenvalue weighted by Crippen LogP contribution is 2.09.